The van der Waals surface area contributed by atoms with Gasteiger partial charge in [0.1, 0.15) is 29.5 Å². The van der Waals surface area contributed by atoms with Gasteiger partial charge in [0.15, 0.2) is 11.6 Å². The summed E-state index contributed by atoms with van der Waals surface area (Å²) in [5.41, 5.74) is 2.27. The van der Waals surface area contributed by atoms with Crippen molar-refractivity contribution >= 4 is 27.5 Å². The molecule has 2 aromatic heterocycles. The second-order valence-corrected chi connectivity index (χ2v) is 5.66. The number of benzene rings is 2. The fraction of sp³-hybridized carbons (Fsp3) is 0.0500. The first-order valence-electron chi connectivity index (χ1n) is 8.00. The lowest BCUT2D eigenvalue weighted by Crippen LogP contribution is -2.04. The van der Waals surface area contributed by atoms with Crippen molar-refractivity contribution in [1.29, 1.82) is 5.26 Å². The third-order valence-electron chi connectivity index (χ3n) is 3.99. The summed E-state index contributed by atoms with van der Waals surface area (Å²) in [6, 6.07) is 18.7. The third-order valence-corrected chi connectivity index (χ3v) is 3.99. The number of fused-ring (bicyclic) bond motifs is 2. The Kier molecular flexibility index (Phi) is 3.96. The van der Waals surface area contributed by atoms with E-state index in [0.29, 0.717) is 17.1 Å². The van der Waals surface area contributed by atoms with Crippen LogP contribution in [0, 0.1) is 11.3 Å². The number of rotatable bonds is 4. The summed E-state index contributed by atoms with van der Waals surface area (Å²) < 4.78 is 5.70. The highest BCUT2D eigenvalue weighted by molar-refractivity contribution is 5.84. The number of aliphatic hydroxyl groups is 1. The molecule has 0 amide bonds. The molecule has 2 N–H and O–H groups in total. The Morgan fingerprint density at radius 1 is 1.12 bits per heavy atom. The Labute approximate surface area is 149 Å². The highest BCUT2D eigenvalue weighted by atomic mass is 16.5. The minimum atomic E-state index is -0.195. The lowest BCUT2D eigenvalue weighted by atomic mass is 10.2. The number of aromatic amines is 1. The van der Waals surface area contributed by atoms with Gasteiger partial charge in [-0.15, -0.1) is 0 Å². The van der Waals surface area contributed by atoms with E-state index in [1.54, 1.807) is 12.3 Å². The maximum Gasteiger partial charge on any atom is 0.152 e. The van der Waals surface area contributed by atoms with Crippen molar-refractivity contribution in [2.45, 2.75) is 0 Å². The molecule has 4 aromatic rings. The van der Waals surface area contributed by atoms with Gasteiger partial charge in [0.05, 0.1) is 11.0 Å². The zero-order valence-electron chi connectivity index (χ0n) is 13.7. The normalized spacial score (nSPS) is 12.0. The van der Waals surface area contributed by atoms with Gasteiger partial charge in [-0.2, -0.15) is 5.26 Å². The first-order valence-corrected chi connectivity index (χ1v) is 8.00. The smallest absolute Gasteiger partial charge is 0.152 e. The first kappa shape index (κ1) is 15.7. The Morgan fingerprint density at radius 2 is 1.96 bits per heavy atom. The van der Waals surface area contributed by atoms with E-state index in [1.807, 2.05) is 54.6 Å². The van der Waals surface area contributed by atoms with Crippen molar-refractivity contribution in [1.82, 2.24) is 15.0 Å². The first-order chi connectivity index (χ1) is 12.8. The summed E-state index contributed by atoms with van der Waals surface area (Å²) in [6.07, 6.45) is 1.68. The van der Waals surface area contributed by atoms with E-state index in [4.69, 9.17) is 4.74 Å². The molecule has 0 radical (unpaired) electrons. The molecule has 0 fully saturated rings. The largest absolute Gasteiger partial charge is 0.507 e. The van der Waals surface area contributed by atoms with Crippen molar-refractivity contribution < 1.29 is 9.84 Å². The van der Waals surface area contributed by atoms with Gasteiger partial charge in [-0.1, -0.05) is 30.3 Å². The summed E-state index contributed by atoms with van der Waals surface area (Å²) in [7, 11) is 0. The van der Waals surface area contributed by atoms with Crippen LogP contribution in [0.4, 0.5) is 0 Å². The Morgan fingerprint density at radius 3 is 2.81 bits per heavy atom. The number of pyridine rings is 1. The number of hydrogen-bond donors (Lipinski definition) is 2. The maximum atomic E-state index is 10.4. The summed E-state index contributed by atoms with van der Waals surface area (Å²) >= 11 is 0. The van der Waals surface area contributed by atoms with Crippen LogP contribution < -0.4 is 4.74 Å². The molecule has 2 aromatic carbocycles. The van der Waals surface area contributed by atoms with Gasteiger partial charge >= 0.3 is 0 Å². The number of nitrogens with one attached hydrogen (secondary N) is 1. The molecule has 0 spiro atoms. The predicted octanol–water partition coefficient (Wildman–Crippen LogP) is 3.98. The molecular weight excluding hydrogens is 328 g/mol. The Bertz CT molecular complexity index is 1130. The van der Waals surface area contributed by atoms with E-state index in [0.717, 1.165) is 16.4 Å². The Balaban J connectivity index is 1.64. The van der Waals surface area contributed by atoms with E-state index in [-0.39, 0.29) is 17.9 Å². The summed E-state index contributed by atoms with van der Waals surface area (Å²) in [5, 5.41) is 20.8. The van der Waals surface area contributed by atoms with Crippen LogP contribution in [0.3, 0.4) is 0 Å². The van der Waals surface area contributed by atoms with Crippen LogP contribution in [0.5, 0.6) is 5.75 Å². The molecule has 4 rings (SSSR count). The third kappa shape index (κ3) is 2.82. The molecular formula is C20H14N4O2. The number of nitrogens with zero attached hydrogens (tertiary/aromatic N) is 3. The van der Waals surface area contributed by atoms with E-state index in [9.17, 15) is 10.4 Å². The van der Waals surface area contributed by atoms with Gasteiger partial charge in [0.25, 0.3) is 0 Å². The average molecular weight is 342 g/mol. The summed E-state index contributed by atoms with van der Waals surface area (Å²) in [4.78, 5) is 11.7. The van der Waals surface area contributed by atoms with Crippen LogP contribution in [0.2, 0.25) is 0 Å². The number of allylic oxidation sites excluding steroid dienone is 1. The number of ether oxygens (including phenoxy) is 1. The van der Waals surface area contributed by atoms with Gasteiger partial charge in [0.2, 0.25) is 0 Å². The van der Waals surface area contributed by atoms with Crippen LogP contribution in [0.25, 0.3) is 27.5 Å². The standard InChI is InChI=1S/C20H14N4O2/c21-11-14(20-23-15-7-1-2-8-16(15)24-20)17(25)12-26-18-9-3-5-13-6-4-10-22-19(13)18/h1-10,25H,12H2,(H,23,24)/b17-14-. The van der Waals surface area contributed by atoms with Gasteiger partial charge in [0, 0.05) is 11.6 Å². The molecule has 6 nitrogen and oxygen atoms in total. The molecule has 26 heavy (non-hydrogen) atoms. The Hall–Kier alpha value is -3.85. The number of para-hydroxylation sites is 3. The summed E-state index contributed by atoms with van der Waals surface area (Å²) in [5.74, 6) is 0.655. The molecule has 6 heteroatoms. The van der Waals surface area contributed by atoms with Crippen molar-refractivity contribution in [2.75, 3.05) is 6.61 Å². The second-order valence-electron chi connectivity index (χ2n) is 5.66. The molecule has 0 saturated heterocycles. The number of nitriles is 1. The van der Waals surface area contributed by atoms with Gasteiger partial charge < -0.3 is 14.8 Å². The van der Waals surface area contributed by atoms with Crippen LogP contribution >= 0.6 is 0 Å². The lowest BCUT2D eigenvalue weighted by molar-refractivity contribution is 0.274. The lowest BCUT2D eigenvalue weighted by Gasteiger charge is -2.08. The molecule has 0 aliphatic rings. The molecule has 0 saturated carbocycles. The van der Waals surface area contributed by atoms with E-state index >= 15 is 0 Å². The molecule has 126 valence electrons. The van der Waals surface area contributed by atoms with Crippen LogP contribution in [0.15, 0.2) is 66.6 Å². The molecule has 2 heterocycles. The van der Waals surface area contributed by atoms with Crippen LogP contribution in [0.1, 0.15) is 5.82 Å². The molecule has 0 aliphatic heterocycles. The highest BCUT2D eigenvalue weighted by Gasteiger charge is 2.14. The number of hydrogen-bond acceptors (Lipinski definition) is 5. The van der Waals surface area contributed by atoms with Crippen LogP contribution in [-0.2, 0) is 0 Å². The fourth-order valence-corrected chi connectivity index (χ4v) is 2.74. The zero-order valence-corrected chi connectivity index (χ0v) is 13.7. The maximum absolute atomic E-state index is 10.4. The highest BCUT2D eigenvalue weighted by Crippen LogP contribution is 2.24. The van der Waals surface area contributed by atoms with Gasteiger partial charge in [-0.05, 0) is 24.3 Å². The van der Waals surface area contributed by atoms with Gasteiger partial charge in [-0.25, -0.2) is 4.98 Å². The molecule has 0 unspecified atom stereocenters. The van der Waals surface area contributed by atoms with Gasteiger partial charge in [-0.3, -0.25) is 4.98 Å². The number of H-pyrrole nitrogens is 1. The SMILES string of the molecule is N#C/C(=C(/O)COc1cccc2cccnc12)c1nc2ccccc2[nH]1. The van der Waals surface area contributed by atoms with Crippen molar-refractivity contribution in [3.8, 4) is 11.8 Å². The second kappa shape index (κ2) is 6.57. The topological polar surface area (TPSA) is 94.8 Å². The minimum absolute atomic E-state index is 0.0504. The van der Waals surface area contributed by atoms with Crippen LogP contribution in [-0.4, -0.2) is 26.7 Å². The van der Waals surface area contributed by atoms with Crippen molar-refractivity contribution in [3.05, 3.63) is 72.4 Å². The quantitative estimate of drug-likeness (QED) is 0.432. The van der Waals surface area contributed by atoms with Crippen molar-refractivity contribution in [3.63, 3.8) is 0 Å². The molecule has 0 aliphatic carbocycles. The molecule has 0 bridgehead atoms. The summed E-state index contributed by atoms with van der Waals surface area (Å²) in [6.45, 7) is -0.157. The number of aromatic nitrogens is 3. The number of aliphatic hydroxyl groups excluding tert-OH is 1. The van der Waals surface area contributed by atoms with E-state index in [1.165, 1.54) is 0 Å². The average Bonchev–Trinajstić information content (AvgIpc) is 3.10. The van der Waals surface area contributed by atoms with E-state index in [2.05, 4.69) is 15.0 Å². The monoisotopic (exact) mass is 342 g/mol. The van der Waals surface area contributed by atoms with Crippen molar-refractivity contribution in [2.24, 2.45) is 0 Å². The molecule has 0 atom stereocenters. The zero-order chi connectivity index (χ0) is 17.9. The van der Waals surface area contributed by atoms with E-state index < -0.39 is 0 Å². The number of imidazole rings is 1. The minimum Gasteiger partial charge on any atom is -0.507 e. The predicted molar refractivity (Wildman–Crippen MR) is 98.5 cm³/mol. The fourth-order valence-electron chi connectivity index (χ4n) is 2.74.